The summed E-state index contributed by atoms with van der Waals surface area (Å²) in [6, 6.07) is 5.65. The van der Waals surface area contributed by atoms with Gasteiger partial charge in [-0.15, -0.1) is 0 Å². The quantitative estimate of drug-likeness (QED) is 0.842. The summed E-state index contributed by atoms with van der Waals surface area (Å²) >= 11 is 0. The van der Waals surface area contributed by atoms with Gasteiger partial charge in [0.05, 0.1) is 12.6 Å². The number of hydrogen-bond donors (Lipinski definition) is 2. The van der Waals surface area contributed by atoms with E-state index in [1.807, 2.05) is 32.0 Å². The van der Waals surface area contributed by atoms with Gasteiger partial charge in [-0.05, 0) is 37.8 Å². The molecule has 0 aliphatic carbocycles. The summed E-state index contributed by atoms with van der Waals surface area (Å²) in [5, 5.41) is 12.2. The summed E-state index contributed by atoms with van der Waals surface area (Å²) < 4.78 is 0. The third-order valence-corrected chi connectivity index (χ3v) is 2.95. The van der Waals surface area contributed by atoms with Gasteiger partial charge >= 0.3 is 0 Å². The fourth-order valence-corrected chi connectivity index (χ4v) is 1.99. The van der Waals surface area contributed by atoms with Crippen molar-refractivity contribution in [2.24, 2.45) is 5.92 Å². The van der Waals surface area contributed by atoms with Crippen LogP contribution in [0.4, 0.5) is 0 Å². The zero-order valence-electron chi connectivity index (χ0n) is 11.7. The molecule has 0 aromatic heterocycles. The molecule has 0 fully saturated rings. The van der Waals surface area contributed by atoms with Crippen LogP contribution in [0.3, 0.4) is 0 Å². The van der Waals surface area contributed by atoms with Gasteiger partial charge in [0, 0.05) is 5.56 Å². The first-order valence-electron chi connectivity index (χ1n) is 6.43. The Hall–Kier alpha value is -1.35. The molecule has 100 valence electrons. The molecule has 18 heavy (non-hydrogen) atoms. The molecular weight excluding hydrogens is 226 g/mol. The maximum Gasteiger partial charge on any atom is 0.251 e. The first kappa shape index (κ1) is 14.7. The number of hydrogen-bond acceptors (Lipinski definition) is 2. The average molecular weight is 249 g/mol. The molecule has 3 nitrogen and oxygen atoms in total. The smallest absolute Gasteiger partial charge is 0.251 e. The number of aliphatic hydroxyl groups is 1. The van der Waals surface area contributed by atoms with Crippen LogP contribution < -0.4 is 5.32 Å². The molecule has 2 N–H and O–H groups in total. The highest BCUT2D eigenvalue weighted by Crippen LogP contribution is 2.12. The average Bonchev–Trinajstić information content (AvgIpc) is 2.30. The Labute approximate surface area is 109 Å². The summed E-state index contributed by atoms with van der Waals surface area (Å²) in [5.41, 5.74) is 2.71. The molecule has 0 bridgehead atoms. The summed E-state index contributed by atoms with van der Waals surface area (Å²) in [6.07, 6.45) is 0.785. The molecular formula is C15H23NO2. The summed E-state index contributed by atoms with van der Waals surface area (Å²) in [6.45, 7) is 8.02. The van der Waals surface area contributed by atoms with Crippen LogP contribution in [0.1, 0.15) is 41.8 Å². The van der Waals surface area contributed by atoms with Crippen molar-refractivity contribution in [3.8, 4) is 0 Å². The normalized spacial score (nSPS) is 12.6. The summed E-state index contributed by atoms with van der Waals surface area (Å²) in [5.74, 6) is 0.344. The molecule has 0 spiro atoms. The molecule has 0 aliphatic rings. The van der Waals surface area contributed by atoms with E-state index < -0.39 is 0 Å². The molecule has 0 heterocycles. The monoisotopic (exact) mass is 249 g/mol. The van der Waals surface area contributed by atoms with Gasteiger partial charge < -0.3 is 10.4 Å². The van der Waals surface area contributed by atoms with Crippen LogP contribution in [-0.2, 0) is 0 Å². The van der Waals surface area contributed by atoms with E-state index in [1.165, 1.54) is 0 Å². The number of aliphatic hydroxyl groups excluding tert-OH is 1. The topological polar surface area (TPSA) is 49.3 Å². The number of aryl methyl sites for hydroxylation is 2. The van der Waals surface area contributed by atoms with Gasteiger partial charge in [0.15, 0.2) is 0 Å². The Morgan fingerprint density at radius 2 is 2.00 bits per heavy atom. The van der Waals surface area contributed by atoms with E-state index in [0.29, 0.717) is 11.5 Å². The van der Waals surface area contributed by atoms with Crippen molar-refractivity contribution < 1.29 is 9.90 Å². The fourth-order valence-electron chi connectivity index (χ4n) is 1.99. The van der Waals surface area contributed by atoms with E-state index in [2.05, 4.69) is 19.2 Å². The highest BCUT2D eigenvalue weighted by atomic mass is 16.3. The molecule has 1 amide bonds. The van der Waals surface area contributed by atoms with Crippen LogP contribution >= 0.6 is 0 Å². The highest BCUT2D eigenvalue weighted by Gasteiger charge is 2.15. The van der Waals surface area contributed by atoms with Crippen molar-refractivity contribution in [3.63, 3.8) is 0 Å². The minimum Gasteiger partial charge on any atom is -0.394 e. The number of carbonyl (C=O) groups excluding carboxylic acids is 1. The van der Waals surface area contributed by atoms with Crippen molar-refractivity contribution in [2.75, 3.05) is 6.61 Å². The van der Waals surface area contributed by atoms with Crippen LogP contribution in [0.2, 0.25) is 0 Å². The standard InChI is InChI=1S/C15H23NO2/c1-10(2)7-13(9-17)16-15(18)14-8-11(3)5-6-12(14)4/h5-6,8,10,13,17H,7,9H2,1-4H3,(H,16,18). The molecule has 1 atom stereocenters. The Morgan fingerprint density at radius 3 is 2.56 bits per heavy atom. The largest absolute Gasteiger partial charge is 0.394 e. The molecule has 1 aromatic rings. The Morgan fingerprint density at radius 1 is 1.33 bits per heavy atom. The second-order valence-corrected chi connectivity index (χ2v) is 5.30. The lowest BCUT2D eigenvalue weighted by Crippen LogP contribution is -2.38. The molecule has 1 unspecified atom stereocenters. The van der Waals surface area contributed by atoms with Crippen LogP contribution in [0.5, 0.6) is 0 Å². The van der Waals surface area contributed by atoms with E-state index in [1.54, 1.807) is 0 Å². The zero-order valence-corrected chi connectivity index (χ0v) is 11.7. The summed E-state index contributed by atoms with van der Waals surface area (Å²) in [7, 11) is 0. The van der Waals surface area contributed by atoms with E-state index in [-0.39, 0.29) is 18.6 Å². The van der Waals surface area contributed by atoms with E-state index in [0.717, 1.165) is 17.5 Å². The van der Waals surface area contributed by atoms with Crippen LogP contribution in [-0.4, -0.2) is 23.7 Å². The maximum absolute atomic E-state index is 12.1. The van der Waals surface area contributed by atoms with E-state index in [9.17, 15) is 9.90 Å². The van der Waals surface area contributed by atoms with Crippen molar-refractivity contribution in [3.05, 3.63) is 34.9 Å². The number of carbonyl (C=O) groups is 1. The first-order chi connectivity index (χ1) is 8.43. The highest BCUT2D eigenvalue weighted by molar-refractivity contribution is 5.96. The molecule has 3 heteroatoms. The summed E-state index contributed by atoms with van der Waals surface area (Å²) in [4.78, 5) is 12.1. The number of benzene rings is 1. The maximum atomic E-state index is 12.1. The second-order valence-electron chi connectivity index (χ2n) is 5.30. The van der Waals surface area contributed by atoms with E-state index in [4.69, 9.17) is 0 Å². The first-order valence-corrected chi connectivity index (χ1v) is 6.43. The van der Waals surface area contributed by atoms with Gasteiger partial charge in [-0.2, -0.15) is 0 Å². The lowest BCUT2D eigenvalue weighted by Gasteiger charge is -2.19. The van der Waals surface area contributed by atoms with E-state index >= 15 is 0 Å². The van der Waals surface area contributed by atoms with Crippen molar-refractivity contribution in [1.29, 1.82) is 0 Å². The van der Waals surface area contributed by atoms with Gasteiger partial charge in [0.2, 0.25) is 0 Å². The predicted octanol–water partition coefficient (Wildman–Crippen LogP) is 2.44. The fraction of sp³-hybridized carbons (Fsp3) is 0.533. The lowest BCUT2D eigenvalue weighted by molar-refractivity contribution is 0.0907. The number of amides is 1. The number of rotatable bonds is 5. The van der Waals surface area contributed by atoms with Crippen molar-refractivity contribution in [1.82, 2.24) is 5.32 Å². The van der Waals surface area contributed by atoms with Crippen LogP contribution in [0.15, 0.2) is 18.2 Å². The molecule has 0 saturated carbocycles. The van der Waals surface area contributed by atoms with Crippen LogP contribution in [0, 0.1) is 19.8 Å². The van der Waals surface area contributed by atoms with Gasteiger partial charge in [-0.3, -0.25) is 4.79 Å². The Balaban J connectivity index is 2.77. The van der Waals surface area contributed by atoms with Gasteiger partial charge in [0.1, 0.15) is 0 Å². The van der Waals surface area contributed by atoms with Crippen molar-refractivity contribution in [2.45, 2.75) is 40.2 Å². The number of nitrogens with one attached hydrogen (secondary N) is 1. The van der Waals surface area contributed by atoms with Crippen LogP contribution in [0.25, 0.3) is 0 Å². The molecule has 0 saturated heterocycles. The Bertz CT molecular complexity index is 413. The van der Waals surface area contributed by atoms with Crippen molar-refractivity contribution >= 4 is 5.91 Å². The second kappa shape index (κ2) is 6.55. The third kappa shape index (κ3) is 4.15. The van der Waals surface area contributed by atoms with Gasteiger partial charge in [-0.25, -0.2) is 0 Å². The molecule has 0 aliphatic heterocycles. The minimum atomic E-state index is -0.169. The minimum absolute atomic E-state index is 0.0191. The van der Waals surface area contributed by atoms with Gasteiger partial charge in [0.25, 0.3) is 5.91 Å². The molecule has 1 aromatic carbocycles. The predicted molar refractivity (Wildman–Crippen MR) is 73.7 cm³/mol. The molecule has 0 radical (unpaired) electrons. The molecule has 1 rings (SSSR count). The Kier molecular flexibility index (Phi) is 5.35. The third-order valence-electron chi connectivity index (χ3n) is 2.95. The SMILES string of the molecule is Cc1ccc(C)c(C(=O)NC(CO)CC(C)C)c1. The zero-order chi connectivity index (χ0) is 13.7. The lowest BCUT2D eigenvalue weighted by atomic mass is 10.0. The van der Waals surface area contributed by atoms with Gasteiger partial charge in [-0.1, -0.05) is 31.5 Å².